The highest BCUT2D eigenvalue weighted by Gasteiger charge is 2.16. The number of anilines is 2. The average molecular weight is 211 g/mol. The van der Waals surface area contributed by atoms with Gasteiger partial charge in [-0.15, -0.1) is 0 Å². The standard InChI is InChI=1S/C8H13N5O2/c1-5(2)12(3)8-10-4-6(13(14)15)7(9)11-8/h4-5H,1-3H3,(H2,9,10,11). The van der Waals surface area contributed by atoms with Gasteiger partial charge in [-0.05, 0) is 13.8 Å². The summed E-state index contributed by atoms with van der Waals surface area (Å²) in [7, 11) is 1.80. The Balaban J connectivity index is 3.06. The molecule has 1 rings (SSSR count). The van der Waals surface area contributed by atoms with Gasteiger partial charge in [0.05, 0.1) is 4.92 Å². The monoisotopic (exact) mass is 211 g/mol. The minimum absolute atomic E-state index is 0.113. The third-order valence-corrected chi connectivity index (χ3v) is 2.07. The molecule has 0 aliphatic rings. The van der Waals surface area contributed by atoms with Crippen molar-refractivity contribution in [3.63, 3.8) is 0 Å². The van der Waals surface area contributed by atoms with Gasteiger partial charge in [0.1, 0.15) is 6.20 Å². The number of nitrogens with two attached hydrogens (primary N) is 1. The summed E-state index contributed by atoms with van der Waals surface area (Å²) in [6.45, 7) is 3.92. The van der Waals surface area contributed by atoms with Crippen LogP contribution in [0.2, 0.25) is 0 Å². The fourth-order valence-corrected chi connectivity index (χ4v) is 0.920. The molecular weight excluding hydrogens is 198 g/mol. The lowest BCUT2D eigenvalue weighted by molar-refractivity contribution is -0.384. The SMILES string of the molecule is CC(C)N(C)c1ncc([N+](=O)[O-])c(N)n1. The summed E-state index contributed by atoms with van der Waals surface area (Å²) in [5.41, 5.74) is 5.17. The summed E-state index contributed by atoms with van der Waals surface area (Å²) < 4.78 is 0. The van der Waals surface area contributed by atoms with E-state index >= 15 is 0 Å². The van der Waals surface area contributed by atoms with Crippen LogP contribution < -0.4 is 10.6 Å². The molecule has 1 heterocycles. The highest BCUT2D eigenvalue weighted by molar-refractivity contribution is 5.53. The maximum atomic E-state index is 10.5. The van der Waals surface area contributed by atoms with Gasteiger partial charge in [-0.2, -0.15) is 4.98 Å². The number of nitrogens with zero attached hydrogens (tertiary/aromatic N) is 4. The van der Waals surface area contributed by atoms with Crippen LogP contribution in [0.15, 0.2) is 6.20 Å². The molecule has 1 aromatic rings. The second kappa shape index (κ2) is 4.07. The predicted octanol–water partition coefficient (Wildman–Crippen LogP) is 0.812. The van der Waals surface area contributed by atoms with Crippen molar-refractivity contribution in [3.8, 4) is 0 Å². The van der Waals surface area contributed by atoms with E-state index in [9.17, 15) is 10.1 Å². The van der Waals surface area contributed by atoms with E-state index in [1.807, 2.05) is 13.8 Å². The van der Waals surface area contributed by atoms with E-state index in [0.29, 0.717) is 5.95 Å². The number of nitrogen functional groups attached to an aromatic ring is 1. The van der Waals surface area contributed by atoms with Crippen molar-refractivity contribution >= 4 is 17.5 Å². The number of hydrogen-bond donors (Lipinski definition) is 1. The zero-order valence-corrected chi connectivity index (χ0v) is 8.84. The summed E-state index contributed by atoms with van der Waals surface area (Å²) >= 11 is 0. The Hall–Kier alpha value is -1.92. The normalized spacial score (nSPS) is 10.4. The second-order valence-electron chi connectivity index (χ2n) is 3.40. The summed E-state index contributed by atoms with van der Waals surface area (Å²) in [4.78, 5) is 19.4. The fraction of sp³-hybridized carbons (Fsp3) is 0.500. The zero-order valence-electron chi connectivity index (χ0n) is 8.84. The Morgan fingerprint density at radius 1 is 1.60 bits per heavy atom. The van der Waals surface area contributed by atoms with Gasteiger partial charge in [-0.3, -0.25) is 10.1 Å². The summed E-state index contributed by atoms with van der Waals surface area (Å²) in [5, 5.41) is 10.5. The van der Waals surface area contributed by atoms with E-state index in [0.717, 1.165) is 6.20 Å². The maximum Gasteiger partial charge on any atom is 0.329 e. The molecule has 15 heavy (non-hydrogen) atoms. The molecule has 7 nitrogen and oxygen atoms in total. The van der Waals surface area contributed by atoms with Crippen molar-refractivity contribution in [1.82, 2.24) is 9.97 Å². The largest absolute Gasteiger partial charge is 0.378 e. The third-order valence-electron chi connectivity index (χ3n) is 2.07. The van der Waals surface area contributed by atoms with Gasteiger partial charge < -0.3 is 10.6 Å². The Labute approximate surface area is 87.1 Å². The van der Waals surface area contributed by atoms with Crippen LogP contribution in [-0.4, -0.2) is 28.0 Å². The molecule has 0 unspecified atom stereocenters. The first-order valence-corrected chi connectivity index (χ1v) is 4.43. The Bertz CT molecular complexity index is 379. The lowest BCUT2D eigenvalue weighted by atomic mass is 10.3. The molecule has 0 atom stereocenters. The minimum Gasteiger partial charge on any atom is -0.378 e. The first kappa shape index (κ1) is 11.2. The maximum absolute atomic E-state index is 10.5. The summed E-state index contributed by atoms with van der Waals surface area (Å²) in [5.74, 6) is 0.269. The van der Waals surface area contributed by atoms with E-state index in [-0.39, 0.29) is 17.5 Å². The van der Waals surface area contributed by atoms with Crippen molar-refractivity contribution in [2.24, 2.45) is 0 Å². The second-order valence-corrected chi connectivity index (χ2v) is 3.40. The minimum atomic E-state index is -0.603. The molecule has 82 valence electrons. The highest BCUT2D eigenvalue weighted by atomic mass is 16.6. The fourth-order valence-electron chi connectivity index (χ4n) is 0.920. The van der Waals surface area contributed by atoms with Gasteiger partial charge in [-0.25, -0.2) is 4.98 Å². The quantitative estimate of drug-likeness (QED) is 0.586. The summed E-state index contributed by atoms with van der Waals surface area (Å²) in [6, 6.07) is 0.200. The van der Waals surface area contributed by atoms with Crippen LogP contribution in [-0.2, 0) is 0 Å². The molecular formula is C8H13N5O2. The van der Waals surface area contributed by atoms with Gasteiger partial charge in [0.2, 0.25) is 11.8 Å². The number of hydrogen-bond acceptors (Lipinski definition) is 6. The van der Waals surface area contributed by atoms with E-state index in [4.69, 9.17) is 5.73 Å². The molecule has 7 heteroatoms. The molecule has 2 N–H and O–H groups in total. The van der Waals surface area contributed by atoms with E-state index in [1.54, 1.807) is 11.9 Å². The Morgan fingerprint density at radius 3 is 2.60 bits per heavy atom. The van der Waals surface area contributed by atoms with Crippen molar-refractivity contribution < 1.29 is 4.92 Å². The van der Waals surface area contributed by atoms with Crippen molar-refractivity contribution in [2.45, 2.75) is 19.9 Å². The molecule has 0 radical (unpaired) electrons. The Morgan fingerprint density at radius 2 is 2.20 bits per heavy atom. The predicted molar refractivity (Wildman–Crippen MR) is 56.6 cm³/mol. The van der Waals surface area contributed by atoms with Gasteiger partial charge in [0, 0.05) is 13.1 Å². The average Bonchev–Trinajstić information content (AvgIpc) is 2.15. The van der Waals surface area contributed by atoms with Crippen LogP contribution in [0.5, 0.6) is 0 Å². The first-order valence-electron chi connectivity index (χ1n) is 4.43. The van der Waals surface area contributed by atoms with Crippen molar-refractivity contribution in [2.75, 3.05) is 17.7 Å². The lowest BCUT2D eigenvalue weighted by Crippen LogP contribution is -2.27. The first-order chi connectivity index (χ1) is 6.93. The van der Waals surface area contributed by atoms with Crippen LogP contribution in [0.4, 0.5) is 17.5 Å². The molecule has 0 aliphatic heterocycles. The van der Waals surface area contributed by atoms with Crippen LogP contribution >= 0.6 is 0 Å². The van der Waals surface area contributed by atoms with Crippen LogP contribution in [0.3, 0.4) is 0 Å². The number of rotatable bonds is 3. The Kier molecular flexibility index (Phi) is 3.03. The van der Waals surface area contributed by atoms with Gasteiger partial charge in [0.25, 0.3) is 0 Å². The van der Waals surface area contributed by atoms with E-state index < -0.39 is 4.92 Å². The smallest absolute Gasteiger partial charge is 0.329 e. The third kappa shape index (κ3) is 2.30. The van der Waals surface area contributed by atoms with Crippen LogP contribution in [0.25, 0.3) is 0 Å². The van der Waals surface area contributed by atoms with E-state index in [2.05, 4.69) is 9.97 Å². The molecule has 0 aliphatic carbocycles. The lowest BCUT2D eigenvalue weighted by Gasteiger charge is -2.20. The highest BCUT2D eigenvalue weighted by Crippen LogP contribution is 2.20. The molecule has 0 bridgehead atoms. The molecule has 0 saturated carbocycles. The van der Waals surface area contributed by atoms with E-state index in [1.165, 1.54) is 0 Å². The van der Waals surface area contributed by atoms with Crippen LogP contribution in [0.1, 0.15) is 13.8 Å². The molecule has 1 aromatic heterocycles. The molecule has 0 spiro atoms. The van der Waals surface area contributed by atoms with Crippen molar-refractivity contribution in [1.29, 1.82) is 0 Å². The summed E-state index contributed by atoms with van der Waals surface area (Å²) in [6.07, 6.45) is 1.12. The molecule has 0 saturated heterocycles. The number of nitro groups is 1. The number of aromatic nitrogens is 2. The molecule has 0 aromatic carbocycles. The van der Waals surface area contributed by atoms with Crippen LogP contribution in [0, 0.1) is 10.1 Å². The molecule has 0 fully saturated rings. The van der Waals surface area contributed by atoms with Gasteiger partial charge in [0.15, 0.2) is 0 Å². The zero-order chi connectivity index (χ0) is 11.6. The molecule has 0 amide bonds. The topological polar surface area (TPSA) is 98.2 Å². The van der Waals surface area contributed by atoms with Crippen molar-refractivity contribution in [3.05, 3.63) is 16.3 Å². The van der Waals surface area contributed by atoms with Gasteiger partial charge in [-0.1, -0.05) is 0 Å². The van der Waals surface area contributed by atoms with Gasteiger partial charge >= 0.3 is 5.69 Å².